The molecule has 1 fully saturated rings. The van der Waals surface area contributed by atoms with Gasteiger partial charge in [0.1, 0.15) is 0 Å². The van der Waals surface area contributed by atoms with Crippen molar-refractivity contribution in [2.75, 3.05) is 6.61 Å². The average Bonchev–Trinajstić information content (AvgIpc) is 3.25. The molecule has 8 heteroatoms. The normalized spacial score (nSPS) is 14.9. The third-order valence-electron chi connectivity index (χ3n) is 3.38. The van der Waals surface area contributed by atoms with Gasteiger partial charge in [0, 0.05) is 30.8 Å². The van der Waals surface area contributed by atoms with E-state index in [1.807, 2.05) is 6.07 Å². The number of nitrogens with one attached hydrogen (secondary N) is 1. The Balaban J connectivity index is 1.42. The Bertz CT molecular complexity index is 636. The molecule has 3 rings (SSSR count). The fourth-order valence-electron chi connectivity index (χ4n) is 2.07. The molecule has 2 aromatic heterocycles. The highest BCUT2D eigenvalue weighted by Gasteiger charge is 2.28. The second-order valence-electron chi connectivity index (χ2n) is 5.50. The zero-order chi connectivity index (χ0) is 16.3. The first kappa shape index (κ1) is 15.8. The lowest BCUT2D eigenvalue weighted by molar-refractivity contribution is -0.154. The third kappa shape index (κ3) is 4.95. The van der Waals surface area contributed by atoms with Crippen molar-refractivity contribution >= 4 is 0 Å². The number of pyridine rings is 1. The number of aromatic nitrogens is 2. The molecule has 1 aliphatic carbocycles. The Kier molecular flexibility index (Phi) is 4.51. The summed E-state index contributed by atoms with van der Waals surface area (Å²) >= 11 is 0. The Hall–Kier alpha value is -2.09. The standard InChI is InChI=1S/C15H16F3N3O2/c16-15(17,18)9-22-14-4-1-10(7-20-14)6-19-8-12-5-13(21-23-12)11-2-3-11/h1,4-5,7,11,19H,2-3,6,8-9H2. The maximum absolute atomic E-state index is 12.0. The van der Waals surface area contributed by atoms with Crippen molar-refractivity contribution in [2.24, 2.45) is 0 Å². The lowest BCUT2D eigenvalue weighted by Crippen LogP contribution is -2.19. The lowest BCUT2D eigenvalue weighted by Gasteiger charge is -2.08. The maximum Gasteiger partial charge on any atom is 0.422 e. The second-order valence-corrected chi connectivity index (χ2v) is 5.50. The minimum absolute atomic E-state index is 0.0459. The van der Waals surface area contributed by atoms with Crippen molar-refractivity contribution in [2.45, 2.75) is 38.0 Å². The van der Waals surface area contributed by atoms with Gasteiger partial charge in [-0.2, -0.15) is 13.2 Å². The fourth-order valence-corrected chi connectivity index (χ4v) is 2.07. The van der Waals surface area contributed by atoms with Crippen molar-refractivity contribution in [1.29, 1.82) is 0 Å². The van der Waals surface area contributed by atoms with Gasteiger partial charge in [-0.15, -0.1) is 0 Å². The van der Waals surface area contributed by atoms with Crippen LogP contribution in [0.3, 0.4) is 0 Å². The van der Waals surface area contributed by atoms with Gasteiger partial charge < -0.3 is 14.6 Å². The first-order chi connectivity index (χ1) is 11.0. The number of ether oxygens (including phenoxy) is 1. The molecule has 23 heavy (non-hydrogen) atoms. The molecule has 2 aromatic rings. The van der Waals surface area contributed by atoms with Crippen LogP contribution in [0.4, 0.5) is 13.2 Å². The largest absolute Gasteiger partial charge is 0.468 e. The van der Waals surface area contributed by atoms with Gasteiger partial charge in [-0.25, -0.2) is 4.98 Å². The zero-order valence-electron chi connectivity index (χ0n) is 12.3. The minimum atomic E-state index is -4.36. The summed E-state index contributed by atoms with van der Waals surface area (Å²) in [5.74, 6) is 1.28. The van der Waals surface area contributed by atoms with E-state index in [2.05, 4.69) is 20.2 Å². The molecule has 0 atom stereocenters. The number of hydrogen-bond donors (Lipinski definition) is 1. The van der Waals surface area contributed by atoms with Crippen molar-refractivity contribution in [3.63, 3.8) is 0 Å². The van der Waals surface area contributed by atoms with E-state index in [4.69, 9.17) is 4.52 Å². The molecule has 0 spiro atoms. The van der Waals surface area contributed by atoms with E-state index in [-0.39, 0.29) is 5.88 Å². The van der Waals surface area contributed by atoms with E-state index in [0.29, 0.717) is 19.0 Å². The summed E-state index contributed by atoms with van der Waals surface area (Å²) in [5.41, 5.74) is 1.85. The van der Waals surface area contributed by atoms with Crippen LogP contribution in [0.1, 0.15) is 35.8 Å². The predicted molar refractivity (Wildman–Crippen MR) is 74.8 cm³/mol. The summed E-state index contributed by atoms with van der Waals surface area (Å²) in [4.78, 5) is 3.84. The van der Waals surface area contributed by atoms with Crippen molar-refractivity contribution in [3.05, 3.63) is 41.4 Å². The Morgan fingerprint density at radius 1 is 1.26 bits per heavy atom. The molecule has 1 aliphatic rings. The minimum Gasteiger partial charge on any atom is -0.468 e. The van der Waals surface area contributed by atoms with Gasteiger partial charge in [-0.3, -0.25) is 0 Å². The molecular formula is C15H16F3N3O2. The van der Waals surface area contributed by atoms with Gasteiger partial charge in [0.05, 0.1) is 12.2 Å². The van der Waals surface area contributed by atoms with Crippen molar-refractivity contribution in [3.8, 4) is 5.88 Å². The molecule has 1 N–H and O–H groups in total. The fraction of sp³-hybridized carbons (Fsp3) is 0.467. The molecular weight excluding hydrogens is 311 g/mol. The van der Waals surface area contributed by atoms with Gasteiger partial charge in [0.25, 0.3) is 0 Å². The highest BCUT2D eigenvalue weighted by atomic mass is 19.4. The first-order valence-corrected chi connectivity index (χ1v) is 7.30. The van der Waals surface area contributed by atoms with Gasteiger partial charge in [0.2, 0.25) is 5.88 Å². The highest BCUT2D eigenvalue weighted by molar-refractivity contribution is 5.18. The summed E-state index contributed by atoms with van der Waals surface area (Å²) < 4.78 is 45.9. The summed E-state index contributed by atoms with van der Waals surface area (Å²) in [6.45, 7) is -0.287. The molecule has 0 saturated heterocycles. The third-order valence-corrected chi connectivity index (χ3v) is 3.38. The van der Waals surface area contributed by atoms with Gasteiger partial charge in [0.15, 0.2) is 12.4 Å². The number of hydrogen-bond acceptors (Lipinski definition) is 5. The SMILES string of the molecule is FC(F)(F)COc1ccc(CNCc2cc(C3CC3)no2)cn1. The van der Waals surface area contributed by atoms with Crippen LogP contribution >= 0.6 is 0 Å². The van der Waals surface area contributed by atoms with E-state index in [1.165, 1.54) is 25.1 Å². The second kappa shape index (κ2) is 6.57. The van der Waals surface area contributed by atoms with Crippen LogP contribution in [0.15, 0.2) is 28.9 Å². The van der Waals surface area contributed by atoms with E-state index < -0.39 is 12.8 Å². The van der Waals surface area contributed by atoms with E-state index in [0.717, 1.165) is 17.0 Å². The predicted octanol–water partition coefficient (Wildman–Crippen LogP) is 3.18. The zero-order valence-corrected chi connectivity index (χ0v) is 12.3. The number of rotatable bonds is 7. The number of halogens is 3. The quantitative estimate of drug-likeness (QED) is 0.846. The Morgan fingerprint density at radius 2 is 2.09 bits per heavy atom. The van der Waals surface area contributed by atoms with Gasteiger partial charge in [-0.1, -0.05) is 11.2 Å². The van der Waals surface area contributed by atoms with E-state index >= 15 is 0 Å². The molecule has 0 bridgehead atoms. The lowest BCUT2D eigenvalue weighted by atomic mass is 10.2. The molecule has 124 valence electrons. The van der Waals surface area contributed by atoms with Crippen LogP contribution in [0.25, 0.3) is 0 Å². The Labute approximate surface area is 130 Å². The van der Waals surface area contributed by atoms with Crippen LogP contribution in [-0.2, 0) is 13.1 Å². The van der Waals surface area contributed by atoms with E-state index in [1.54, 1.807) is 6.07 Å². The summed E-state index contributed by atoms with van der Waals surface area (Å²) in [5, 5.41) is 7.19. The van der Waals surface area contributed by atoms with Crippen LogP contribution in [0.2, 0.25) is 0 Å². The molecule has 0 amide bonds. The van der Waals surface area contributed by atoms with Crippen LogP contribution in [-0.4, -0.2) is 22.9 Å². The molecule has 0 unspecified atom stereocenters. The maximum atomic E-state index is 12.0. The van der Waals surface area contributed by atoms with Crippen LogP contribution < -0.4 is 10.1 Å². The molecule has 0 radical (unpaired) electrons. The first-order valence-electron chi connectivity index (χ1n) is 7.30. The molecule has 0 aliphatic heterocycles. The molecule has 1 saturated carbocycles. The van der Waals surface area contributed by atoms with E-state index in [9.17, 15) is 13.2 Å². The summed E-state index contributed by atoms with van der Waals surface area (Å²) in [7, 11) is 0. The van der Waals surface area contributed by atoms with Crippen molar-refractivity contribution < 1.29 is 22.4 Å². The smallest absolute Gasteiger partial charge is 0.422 e. The summed E-state index contributed by atoms with van der Waals surface area (Å²) in [6, 6.07) is 5.04. The monoisotopic (exact) mass is 327 g/mol. The van der Waals surface area contributed by atoms with Gasteiger partial charge >= 0.3 is 6.18 Å². The van der Waals surface area contributed by atoms with Gasteiger partial charge in [-0.05, 0) is 18.4 Å². The topological polar surface area (TPSA) is 60.2 Å². The molecule has 0 aromatic carbocycles. The highest BCUT2D eigenvalue weighted by Crippen LogP contribution is 2.39. The van der Waals surface area contributed by atoms with Crippen LogP contribution in [0.5, 0.6) is 5.88 Å². The van der Waals surface area contributed by atoms with Crippen molar-refractivity contribution in [1.82, 2.24) is 15.5 Å². The Morgan fingerprint density at radius 3 is 2.74 bits per heavy atom. The average molecular weight is 327 g/mol. The molecule has 5 nitrogen and oxygen atoms in total. The summed E-state index contributed by atoms with van der Waals surface area (Å²) in [6.07, 6.45) is -0.533. The number of nitrogens with zero attached hydrogens (tertiary/aromatic N) is 2. The number of alkyl halides is 3. The van der Waals surface area contributed by atoms with Crippen LogP contribution in [0, 0.1) is 0 Å². The molecule has 2 heterocycles.